The summed E-state index contributed by atoms with van der Waals surface area (Å²) < 4.78 is 19.8. The first-order valence-electron chi connectivity index (χ1n) is 10.8. The van der Waals surface area contributed by atoms with E-state index < -0.39 is 0 Å². The molecule has 164 valence electrons. The van der Waals surface area contributed by atoms with Crippen LogP contribution in [0.25, 0.3) is 10.2 Å². The Morgan fingerprint density at radius 1 is 1.10 bits per heavy atom. The van der Waals surface area contributed by atoms with Crippen molar-refractivity contribution >= 4 is 33.1 Å². The molecule has 2 aromatic heterocycles. The second-order valence-corrected chi connectivity index (χ2v) is 9.46. The average molecular weight is 443 g/mol. The van der Waals surface area contributed by atoms with E-state index in [1.165, 1.54) is 22.6 Å². The quantitative estimate of drug-likeness (QED) is 0.672. The monoisotopic (exact) mass is 442 g/mol. The summed E-state index contributed by atoms with van der Waals surface area (Å²) in [4.78, 5) is 24.4. The molecule has 4 heterocycles. The number of carbonyl (C=O) groups excluding carboxylic acids is 1. The lowest BCUT2D eigenvalue weighted by atomic mass is 10.2. The summed E-state index contributed by atoms with van der Waals surface area (Å²) in [5, 5.41) is 0. The highest BCUT2D eigenvalue weighted by Crippen LogP contribution is 2.32. The molecule has 2 saturated heterocycles. The number of anilines is 1. The first kappa shape index (κ1) is 20.5. The molecule has 0 radical (unpaired) electrons. The summed E-state index contributed by atoms with van der Waals surface area (Å²) in [5.74, 6) is -0.176. The zero-order valence-electron chi connectivity index (χ0n) is 17.7. The van der Waals surface area contributed by atoms with Gasteiger partial charge in [0.05, 0.1) is 23.4 Å². The van der Waals surface area contributed by atoms with Crippen molar-refractivity contribution in [2.45, 2.75) is 13.5 Å². The van der Waals surface area contributed by atoms with E-state index in [1.54, 1.807) is 23.5 Å². The van der Waals surface area contributed by atoms with Gasteiger partial charge < -0.3 is 19.5 Å². The predicted molar refractivity (Wildman–Crippen MR) is 122 cm³/mol. The van der Waals surface area contributed by atoms with Crippen molar-refractivity contribution in [1.29, 1.82) is 0 Å². The summed E-state index contributed by atoms with van der Waals surface area (Å²) in [7, 11) is 0. The molecular formula is C23H27FN4O2S. The maximum Gasteiger partial charge on any atom is 0.270 e. The first-order valence-corrected chi connectivity index (χ1v) is 11.6. The highest BCUT2D eigenvalue weighted by Gasteiger charge is 2.25. The number of rotatable bonds is 4. The molecule has 5 rings (SSSR count). The van der Waals surface area contributed by atoms with E-state index in [9.17, 15) is 9.18 Å². The lowest BCUT2D eigenvalue weighted by Gasteiger charge is -2.36. The molecule has 1 amide bonds. The van der Waals surface area contributed by atoms with Crippen LogP contribution in [-0.2, 0) is 11.3 Å². The number of nitrogens with one attached hydrogen (secondary N) is 1. The van der Waals surface area contributed by atoms with Crippen molar-refractivity contribution in [3.8, 4) is 0 Å². The molecule has 0 spiro atoms. The number of nitrogens with zero attached hydrogens (tertiary/aromatic N) is 3. The Hall–Kier alpha value is -2.42. The van der Waals surface area contributed by atoms with Gasteiger partial charge in [0.15, 0.2) is 0 Å². The number of fused-ring (bicyclic) bond motifs is 1. The molecule has 0 saturated carbocycles. The fourth-order valence-corrected chi connectivity index (χ4v) is 5.49. The average Bonchev–Trinajstić information content (AvgIpc) is 3.33. The van der Waals surface area contributed by atoms with Gasteiger partial charge in [0.1, 0.15) is 11.5 Å². The van der Waals surface area contributed by atoms with Gasteiger partial charge in [-0.15, -0.1) is 11.3 Å². The molecule has 1 aromatic carbocycles. The van der Waals surface area contributed by atoms with Crippen LogP contribution in [0.4, 0.5) is 10.1 Å². The summed E-state index contributed by atoms with van der Waals surface area (Å²) in [6.45, 7) is 9.30. The second kappa shape index (κ2) is 8.61. The van der Waals surface area contributed by atoms with Gasteiger partial charge in [0.25, 0.3) is 5.91 Å². The van der Waals surface area contributed by atoms with Crippen molar-refractivity contribution in [2.24, 2.45) is 0 Å². The Morgan fingerprint density at radius 3 is 2.52 bits per heavy atom. The zero-order chi connectivity index (χ0) is 21.4. The van der Waals surface area contributed by atoms with Gasteiger partial charge in [-0.05, 0) is 37.3 Å². The Kier molecular flexibility index (Phi) is 5.69. The number of H-pyrrole nitrogens is 1. The molecule has 0 aliphatic carbocycles. The number of benzene rings is 1. The van der Waals surface area contributed by atoms with E-state index in [1.807, 2.05) is 11.0 Å². The van der Waals surface area contributed by atoms with Gasteiger partial charge in [-0.3, -0.25) is 9.69 Å². The Bertz CT molecular complexity index is 1060. The standard InChI is InChI=1S/C23H27FN4O2S/c1-16-19(15-26-10-12-30-13-11-26)22-21(31-16)14-20(25-22)23(29)28-8-6-27(7-9-28)18-4-2-17(24)3-5-18/h2-5,14,25H,6-13,15H2,1H3. The zero-order valence-corrected chi connectivity index (χ0v) is 18.5. The third-order valence-corrected chi connectivity index (χ3v) is 7.34. The SMILES string of the molecule is Cc1sc2cc(C(=O)N3CCN(c4ccc(F)cc4)CC3)[nH]c2c1CN1CCOCC1. The van der Waals surface area contributed by atoms with Crippen LogP contribution in [0.5, 0.6) is 0 Å². The number of halogens is 1. The van der Waals surface area contributed by atoms with Crippen molar-refractivity contribution < 1.29 is 13.9 Å². The fourth-order valence-electron chi connectivity index (χ4n) is 4.42. The van der Waals surface area contributed by atoms with E-state index in [2.05, 4.69) is 21.7 Å². The van der Waals surface area contributed by atoms with Gasteiger partial charge in [-0.1, -0.05) is 0 Å². The van der Waals surface area contributed by atoms with E-state index in [-0.39, 0.29) is 11.7 Å². The van der Waals surface area contributed by atoms with Gasteiger partial charge in [0, 0.05) is 61.9 Å². The number of aryl methyl sites for hydroxylation is 1. The normalized spacial score (nSPS) is 18.1. The highest BCUT2D eigenvalue weighted by atomic mass is 32.1. The third-order valence-electron chi connectivity index (χ3n) is 6.25. The summed E-state index contributed by atoms with van der Waals surface area (Å²) in [6.07, 6.45) is 0. The minimum absolute atomic E-state index is 0.0529. The largest absolute Gasteiger partial charge is 0.379 e. The van der Waals surface area contributed by atoms with Crippen molar-refractivity contribution in [1.82, 2.24) is 14.8 Å². The predicted octanol–water partition coefficient (Wildman–Crippen LogP) is 3.47. The molecule has 2 fully saturated rings. The number of hydrogen-bond acceptors (Lipinski definition) is 5. The Labute approximate surface area is 185 Å². The van der Waals surface area contributed by atoms with Crippen molar-refractivity contribution in [3.05, 3.63) is 52.3 Å². The van der Waals surface area contributed by atoms with Gasteiger partial charge in [-0.2, -0.15) is 0 Å². The van der Waals surface area contributed by atoms with Crippen molar-refractivity contribution in [2.75, 3.05) is 57.4 Å². The number of aromatic amines is 1. The third kappa shape index (κ3) is 4.20. The molecule has 0 bridgehead atoms. The number of ether oxygens (including phenoxy) is 1. The molecule has 0 unspecified atom stereocenters. The fraction of sp³-hybridized carbons (Fsp3) is 0.435. The van der Waals surface area contributed by atoms with Crippen LogP contribution in [-0.4, -0.2) is 73.2 Å². The van der Waals surface area contributed by atoms with Gasteiger partial charge in [0.2, 0.25) is 0 Å². The molecule has 3 aromatic rings. The van der Waals surface area contributed by atoms with E-state index in [4.69, 9.17) is 4.74 Å². The molecule has 31 heavy (non-hydrogen) atoms. The van der Waals surface area contributed by atoms with Crippen LogP contribution in [0.2, 0.25) is 0 Å². The summed E-state index contributed by atoms with van der Waals surface area (Å²) >= 11 is 1.75. The Balaban J connectivity index is 1.27. The van der Waals surface area contributed by atoms with Crippen LogP contribution >= 0.6 is 11.3 Å². The van der Waals surface area contributed by atoms with E-state index in [0.717, 1.165) is 61.8 Å². The highest BCUT2D eigenvalue weighted by molar-refractivity contribution is 7.19. The lowest BCUT2D eigenvalue weighted by Crippen LogP contribution is -2.48. The molecule has 2 aliphatic rings. The minimum atomic E-state index is -0.229. The topological polar surface area (TPSA) is 51.8 Å². The number of morpholine rings is 1. The summed E-state index contributed by atoms with van der Waals surface area (Å²) in [5.41, 5.74) is 4.06. The minimum Gasteiger partial charge on any atom is -0.379 e. The van der Waals surface area contributed by atoms with Crippen LogP contribution in [0, 0.1) is 12.7 Å². The molecule has 1 N–H and O–H groups in total. The number of carbonyl (C=O) groups is 1. The maximum atomic E-state index is 13.2. The number of thiophene rings is 1. The number of piperazine rings is 1. The summed E-state index contributed by atoms with van der Waals surface area (Å²) in [6, 6.07) is 8.56. The number of amides is 1. The van der Waals surface area contributed by atoms with Crippen LogP contribution in [0.1, 0.15) is 20.9 Å². The molecule has 2 aliphatic heterocycles. The van der Waals surface area contributed by atoms with Crippen LogP contribution < -0.4 is 4.90 Å². The molecule has 0 atom stereocenters. The lowest BCUT2D eigenvalue weighted by molar-refractivity contribution is 0.0343. The van der Waals surface area contributed by atoms with Gasteiger partial charge >= 0.3 is 0 Å². The number of hydrogen-bond donors (Lipinski definition) is 1. The smallest absolute Gasteiger partial charge is 0.270 e. The number of aromatic nitrogens is 1. The second-order valence-electron chi connectivity index (χ2n) is 8.20. The first-order chi connectivity index (χ1) is 15.1. The van der Waals surface area contributed by atoms with Crippen molar-refractivity contribution in [3.63, 3.8) is 0 Å². The van der Waals surface area contributed by atoms with E-state index in [0.29, 0.717) is 18.8 Å². The molecular weight excluding hydrogens is 415 g/mol. The van der Waals surface area contributed by atoms with Crippen LogP contribution in [0.3, 0.4) is 0 Å². The Morgan fingerprint density at radius 2 is 1.81 bits per heavy atom. The van der Waals surface area contributed by atoms with Gasteiger partial charge in [-0.25, -0.2) is 4.39 Å². The molecule has 6 nitrogen and oxygen atoms in total. The molecule has 8 heteroatoms. The van der Waals surface area contributed by atoms with Crippen LogP contribution in [0.15, 0.2) is 30.3 Å². The maximum absolute atomic E-state index is 13.2. The van der Waals surface area contributed by atoms with E-state index >= 15 is 0 Å².